The van der Waals surface area contributed by atoms with Crippen molar-refractivity contribution >= 4 is 6.09 Å². The third-order valence-corrected chi connectivity index (χ3v) is 4.92. The molecule has 0 spiro atoms. The molecule has 1 saturated heterocycles. The molecule has 5 nitrogen and oxygen atoms in total. The van der Waals surface area contributed by atoms with Crippen LogP contribution in [0, 0.1) is 5.82 Å². The van der Waals surface area contributed by atoms with Crippen molar-refractivity contribution in [2.75, 3.05) is 13.2 Å². The molecule has 138 valence electrons. The van der Waals surface area contributed by atoms with Crippen molar-refractivity contribution in [2.24, 2.45) is 0 Å². The van der Waals surface area contributed by atoms with Crippen LogP contribution in [-0.4, -0.2) is 40.0 Å². The van der Waals surface area contributed by atoms with Gasteiger partial charge in [-0.1, -0.05) is 42.5 Å². The van der Waals surface area contributed by atoms with Gasteiger partial charge in [-0.2, -0.15) is 0 Å². The highest BCUT2D eigenvalue weighted by Crippen LogP contribution is 2.43. The molecule has 1 fully saturated rings. The van der Waals surface area contributed by atoms with Crippen LogP contribution in [0.5, 0.6) is 0 Å². The van der Waals surface area contributed by atoms with Crippen molar-refractivity contribution in [1.82, 2.24) is 4.90 Å². The second-order valence-corrected chi connectivity index (χ2v) is 6.62. The summed E-state index contributed by atoms with van der Waals surface area (Å²) in [6.45, 7) is 0.0666. The minimum absolute atomic E-state index is 0.0799. The fourth-order valence-corrected chi connectivity index (χ4v) is 3.63. The number of likely N-dealkylation sites (tertiary alicyclic amines) is 1. The SMILES string of the molecule is O=C(O)N1[C@H](c2cccc(F)c2)CC[C@@]1(CO)COCc1ccccc1. The molecule has 0 saturated carbocycles. The van der Waals surface area contributed by atoms with E-state index in [0.29, 0.717) is 25.0 Å². The lowest BCUT2D eigenvalue weighted by Gasteiger charge is -2.37. The van der Waals surface area contributed by atoms with Crippen LogP contribution in [-0.2, 0) is 11.3 Å². The normalized spacial score (nSPS) is 22.5. The van der Waals surface area contributed by atoms with Crippen LogP contribution < -0.4 is 0 Å². The Hall–Kier alpha value is -2.44. The summed E-state index contributed by atoms with van der Waals surface area (Å²) in [4.78, 5) is 13.2. The van der Waals surface area contributed by atoms with Crippen molar-refractivity contribution in [3.8, 4) is 0 Å². The Morgan fingerprint density at radius 2 is 2.00 bits per heavy atom. The van der Waals surface area contributed by atoms with E-state index in [1.807, 2.05) is 30.3 Å². The van der Waals surface area contributed by atoms with Gasteiger partial charge in [-0.15, -0.1) is 0 Å². The summed E-state index contributed by atoms with van der Waals surface area (Å²) in [5.74, 6) is -0.408. The Balaban J connectivity index is 1.78. The highest BCUT2D eigenvalue weighted by Gasteiger charge is 2.49. The number of carboxylic acid groups (broad SMARTS) is 1. The van der Waals surface area contributed by atoms with Gasteiger partial charge in [-0.25, -0.2) is 9.18 Å². The molecule has 0 bridgehead atoms. The van der Waals surface area contributed by atoms with Gasteiger partial charge in [0, 0.05) is 0 Å². The molecule has 2 aromatic carbocycles. The summed E-state index contributed by atoms with van der Waals surface area (Å²) >= 11 is 0. The van der Waals surface area contributed by atoms with Gasteiger partial charge in [-0.3, -0.25) is 4.90 Å². The van der Waals surface area contributed by atoms with E-state index in [0.717, 1.165) is 5.56 Å². The zero-order valence-electron chi connectivity index (χ0n) is 14.3. The quantitative estimate of drug-likeness (QED) is 0.827. The number of benzene rings is 2. The summed E-state index contributed by atoms with van der Waals surface area (Å²) in [5, 5.41) is 19.8. The van der Waals surface area contributed by atoms with Gasteiger partial charge >= 0.3 is 6.09 Å². The first-order chi connectivity index (χ1) is 12.6. The molecule has 0 aliphatic carbocycles. The van der Waals surface area contributed by atoms with Crippen LogP contribution in [0.2, 0.25) is 0 Å². The van der Waals surface area contributed by atoms with Crippen molar-refractivity contribution in [3.05, 3.63) is 71.5 Å². The molecule has 3 rings (SSSR count). The van der Waals surface area contributed by atoms with Crippen LogP contribution in [0.4, 0.5) is 9.18 Å². The van der Waals surface area contributed by atoms with E-state index in [9.17, 15) is 19.4 Å². The Labute approximate surface area is 151 Å². The molecule has 1 aliphatic heterocycles. The number of carbonyl (C=O) groups is 1. The third-order valence-electron chi connectivity index (χ3n) is 4.92. The number of amides is 1. The zero-order chi connectivity index (χ0) is 18.6. The first-order valence-corrected chi connectivity index (χ1v) is 8.56. The third kappa shape index (κ3) is 3.71. The maximum Gasteiger partial charge on any atom is 0.408 e. The summed E-state index contributed by atoms with van der Waals surface area (Å²) in [5.41, 5.74) is 0.533. The van der Waals surface area contributed by atoms with Crippen LogP contribution in [0.25, 0.3) is 0 Å². The number of hydrogen-bond acceptors (Lipinski definition) is 3. The summed E-state index contributed by atoms with van der Waals surface area (Å²) in [6.07, 6.45) is -0.189. The lowest BCUT2D eigenvalue weighted by atomic mass is 9.98. The van der Waals surface area contributed by atoms with E-state index in [-0.39, 0.29) is 13.2 Å². The number of hydrogen-bond donors (Lipinski definition) is 2. The highest BCUT2D eigenvalue weighted by atomic mass is 19.1. The summed E-state index contributed by atoms with van der Waals surface area (Å²) in [6, 6.07) is 15.0. The minimum Gasteiger partial charge on any atom is -0.465 e. The molecular weight excluding hydrogens is 337 g/mol. The topological polar surface area (TPSA) is 70.0 Å². The first-order valence-electron chi connectivity index (χ1n) is 8.56. The van der Waals surface area contributed by atoms with E-state index < -0.39 is 23.5 Å². The molecule has 2 N–H and O–H groups in total. The lowest BCUT2D eigenvalue weighted by molar-refractivity contribution is -0.0271. The summed E-state index contributed by atoms with van der Waals surface area (Å²) < 4.78 is 19.3. The number of rotatable bonds is 6. The largest absolute Gasteiger partial charge is 0.465 e. The van der Waals surface area contributed by atoms with Gasteiger partial charge in [0.15, 0.2) is 0 Å². The molecule has 26 heavy (non-hydrogen) atoms. The molecule has 0 unspecified atom stereocenters. The van der Waals surface area contributed by atoms with E-state index in [1.165, 1.54) is 17.0 Å². The predicted octanol–water partition coefficient (Wildman–Crippen LogP) is 3.59. The van der Waals surface area contributed by atoms with E-state index in [2.05, 4.69) is 0 Å². The molecule has 1 heterocycles. The van der Waals surface area contributed by atoms with Crippen molar-refractivity contribution in [3.63, 3.8) is 0 Å². The Bertz CT molecular complexity index is 754. The zero-order valence-corrected chi connectivity index (χ0v) is 14.3. The van der Waals surface area contributed by atoms with Crippen LogP contribution >= 0.6 is 0 Å². The van der Waals surface area contributed by atoms with Gasteiger partial charge < -0.3 is 14.9 Å². The molecule has 1 amide bonds. The van der Waals surface area contributed by atoms with Crippen molar-refractivity contribution in [2.45, 2.75) is 31.0 Å². The Morgan fingerprint density at radius 3 is 2.65 bits per heavy atom. The number of aliphatic hydroxyl groups is 1. The van der Waals surface area contributed by atoms with Crippen molar-refractivity contribution < 1.29 is 24.1 Å². The van der Waals surface area contributed by atoms with E-state index >= 15 is 0 Å². The molecule has 2 atom stereocenters. The maximum atomic E-state index is 13.6. The molecule has 0 radical (unpaired) electrons. The summed E-state index contributed by atoms with van der Waals surface area (Å²) in [7, 11) is 0. The smallest absolute Gasteiger partial charge is 0.408 e. The van der Waals surface area contributed by atoms with Gasteiger partial charge in [0.2, 0.25) is 0 Å². The van der Waals surface area contributed by atoms with Crippen LogP contribution in [0.15, 0.2) is 54.6 Å². The fraction of sp³-hybridized carbons (Fsp3) is 0.350. The number of halogens is 1. The van der Waals surface area contributed by atoms with Gasteiger partial charge in [-0.05, 0) is 36.1 Å². The fourth-order valence-electron chi connectivity index (χ4n) is 3.63. The number of ether oxygens (including phenoxy) is 1. The molecule has 0 aromatic heterocycles. The predicted molar refractivity (Wildman–Crippen MR) is 94.2 cm³/mol. The highest BCUT2D eigenvalue weighted by molar-refractivity contribution is 5.68. The van der Waals surface area contributed by atoms with E-state index in [4.69, 9.17) is 4.74 Å². The minimum atomic E-state index is -1.14. The molecule has 6 heteroatoms. The number of nitrogens with zero attached hydrogens (tertiary/aromatic N) is 1. The first kappa shape index (κ1) is 18.4. The molecular formula is C20H22FNO4. The average Bonchev–Trinajstić information content (AvgIpc) is 3.03. The number of aliphatic hydroxyl groups excluding tert-OH is 1. The van der Waals surface area contributed by atoms with Crippen molar-refractivity contribution in [1.29, 1.82) is 0 Å². The van der Waals surface area contributed by atoms with Crippen LogP contribution in [0.1, 0.15) is 30.0 Å². The second-order valence-electron chi connectivity index (χ2n) is 6.62. The molecule has 1 aliphatic rings. The standard InChI is InChI=1S/C20H22FNO4/c21-17-8-4-7-16(11-17)18-9-10-20(13-23,22(18)19(24)25)14-26-12-15-5-2-1-3-6-15/h1-8,11,18,23H,9-10,12-14H2,(H,24,25)/t18-,20+/m0/s1. The Morgan fingerprint density at radius 1 is 1.23 bits per heavy atom. The van der Waals surface area contributed by atoms with Crippen LogP contribution in [0.3, 0.4) is 0 Å². The lowest BCUT2D eigenvalue weighted by Crippen LogP contribution is -2.53. The second kappa shape index (κ2) is 7.85. The molecule has 2 aromatic rings. The average molecular weight is 359 g/mol. The Kier molecular flexibility index (Phi) is 5.54. The van der Waals surface area contributed by atoms with Gasteiger partial charge in [0.25, 0.3) is 0 Å². The van der Waals surface area contributed by atoms with Gasteiger partial charge in [0.05, 0.1) is 31.4 Å². The van der Waals surface area contributed by atoms with E-state index in [1.54, 1.807) is 12.1 Å². The van der Waals surface area contributed by atoms with Gasteiger partial charge in [0.1, 0.15) is 5.82 Å². The monoisotopic (exact) mass is 359 g/mol. The maximum absolute atomic E-state index is 13.6.